The zero-order chi connectivity index (χ0) is 18.8. The third-order valence-electron chi connectivity index (χ3n) is 5.95. The molecule has 0 aliphatic carbocycles. The van der Waals surface area contributed by atoms with Gasteiger partial charge in [-0.05, 0) is 50.4 Å². The second-order valence-corrected chi connectivity index (χ2v) is 8.02. The molecule has 0 amide bonds. The van der Waals surface area contributed by atoms with Crippen LogP contribution < -0.4 is 9.80 Å². The Labute approximate surface area is 162 Å². The van der Waals surface area contributed by atoms with Crippen molar-refractivity contribution in [3.05, 3.63) is 41.9 Å². The van der Waals surface area contributed by atoms with E-state index in [-0.39, 0.29) is 0 Å². The summed E-state index contributed by atoms with van der Waals surface area (Å²) in [6.07, 6.45) is 5.45. The van der Waals surface area contributed by atoms with Crippen LogP contribution in [0.25, 0.3) is 0 Å². The summed E-state index contributed by atoms with van der Waals surface area (Å²) in [7, 11) is 4.05. The summed E-state index contributed by atoms with van der Waals surface area (Å²) in [5, 5.41) is 0. The Morgan fingerprint density at radius 2 is 1.96 bits per heavy atom. The smallest absolute Gasteiger partial charge is 0.227 e. The molecule has 2 atom stereocenters. The molecule has 6 heteroatoms. The molecular weight excluding hydrogens is 336 g/mol. The molecule has 4 rings (SSSR count). The molecule has 0 radical (unpaired) electrons. The minimum absolute atomic E-state index is 0.607. The van der Waals surface area contributed by atoms with Crippen molar-refractivity contribution in [1.29, 1.82) is 0 Å². The van der Waals surface area contributed by atoms with E-state index in [0.29, 0.717) is 6.04 Å². The molecule has 0 bridgehead atoms. The van der Waals surface area contributed by atoms with Gasteiger partial charge in [-0.25, -0.2) is 4.98 Å². The van der Waals surface area contributed by atoms with Crippen molar-refractivity contribution in [3.63, 3.8) is 0 Å². The number of anilines is 2. The maximum atomic E-state index is 4.75. The summed E-state index contributed by atoms with van der Waals surface area (Å²) in [6, 6.07) is 8.90. The normalized spacial score (nSPS) is 22.7. The van der Waals surface area contributed by atoms with Crippen LogP contribution in [0.15, 0.2) is 30.5 Å². The maximum absolute atomic E-state index is 4.75. The lowest BCUT2D eigenvalue weighted by molar-refractivity contribution is 0.208. The number of rotatable bonds is 5. The van der Waals surface area contributed by atoms with E-state index >= 15 is 0 Å². The summed E-state index contributed by atoms with van der Waals surface area (Å²) in [4.78, 5) is 21.0. The summed E-state index contributed by atoms with van der Waals surface area (Å²) in [6.45, 7) is 6.45. The Bertz CT molecular complexity index is 777. The van der Waals surface area contributed by atoms with Crippen LogP contribution in [0.1, 0.15) is 24.2 Å². The van der Waals surface area contributed by atoms with Crippen molar-refractivity contribution >= 4 is 11.8 Å². The van der Waals surface area contributed by atoms with E-state index in [1.165, 1.54) is 25.1 Å². The minimum Gasteiger partial charge on any atom is -0.363 e. The largest absolute Gasteiger partial charge is 0.363 e. The summed E-state index contributed by atoms with van der Waals surface area (Å²) >= 11 is 0. The zero-order valence-electron chi connectivity index (χ0n) is 16.7. The molecule has 2 aliphatic rings. The molecule has 2 unspecified atom stereocenters. The van der Waals surface area contributed by atoms with Crippen LogP contribution in [-0.4, -0.2) is 66.2 Å². The van der Waals surface area contributed by atoms with Crippen LogP contribution in [0, 0.1) is 12.8 Å². The van der Waals surface area contributed by atoms with Crippen molar-refractivity contribution in [2.24, 2.45) is 5.92 Å². The minimum atomic E-state index is 0.607. The number of pyridine rings is 1. The van der Waals surface area contributed by atoms with E-state index in [4.69, 9.17) is 4.98 Å². The highest BCUT2D eigenvalue weighted by Gasteiger charge is 2.38. The average Bonchev–Trinajstić information content (AvgIpc) is 3.09. The van der Waals surface area contributed by atoms with Gasteiger partial charge in [0.25, 0.3) is 0 Å². The Morgan fingerprint density at radius 3 is 2.78 bits per heavy atom. The lowest BCUT2D eigenvalue weighted by Crippen LogP contribution is -2.49. The molecule has 2 fully saturated rings. The lowest BCUT2D eigenvalue weighted by atomic mass is 9.92. The topological polar surface area (TPSA) is 48.4 Å². The first kappa shape index (κ1) is 18.2. The maximum Gasteiger partial charge on any atom is 0.227 e. The number of likely N-dealkylation sites (tertiary alicyclic amines) is 1. The Hall–Kier alpha value is -2.21. The molecule has 2 saturated heterocycles. The number of hydrogen-bond acceptors (Lipinski definition) is 6. The van der Waals surface area contributed by atoms with Crippen LogP contribution in [0.2, 0.25) is 0 Å². The average molecular weight is 367 g/mol. The molecule has 27 heavy (non-hydrogen) atoms. The third kappa shape index (κ3) is 4.05. The lowest BCUT2D eigenvalue weighted by Gasteiger charge is -2.38. The van der Waals surface area contributed by atoms with Crippen molar-refractivity contribution < 1.29 is 0 Å². The van der Waals surface area contributed by atoms with Gasteiger partial charge in [0.1, 0.15) is 5.82 Å². The van der Waals surface area contributed by atoms with Gasteiger partial charge >= 0.3 is 0 Å². The summed E-state index contributed by atoms with van der Waals surface area (Å²) in [5.74, 6) is 2.64. The van der Waals surface area contributed by atoms with E-state index in [1.54, 1.807) is 0 Å². The van der Waals surface area contributed by atoms with Gasteiger partial charge in [0.05, 0.1) is 0 Å². The number of piperidine rings is 1. The monoisotopic (exact) mass is 366 g/mol. The molecule has 2 aromatic rings. The van der Waals surface area contributed by atoms with E-state index < -0.39 is 0 Å². The molecular formula is C21H30N6. The number of aryl methyl sites for hydroxylation is 1. The van der Waals surface area contributed by atoms with Gasteiger partial charge in [0.15, 0.2) is 0 Å². The molecule has 2 aliphatic heterocycles. The fourth-order valence-electron chi connectivity index (χ4n) is 4.42. The quantitative estimate of drug-likeness (QED) is 0.810. The Kier molecular flexibility index (Phi) is 5.25. The molecule has 4 heterocycles. The van der Waals surface area contributed by atoms with E-state index in [0.717, 1.165) is 49.4 Å². The van der Waals surface area contributed by atoms with Gasteiger partial charge in [0.2, 0.25) is 5.95 Å². The van der Waals surface area contributed by atoms with E-state index in [9.17, 15) is 0 Å². The van der Waals surface area contributed by atoms with Crippen LogP contribution in [0.3, 0.4) is 0 Å². The highest BCUT2D eigenvalue weighted by atomic mass is 15.3. The molecule has 144 valence electrons. The molecule has 0 saturated carbocycles. The molecule has 2 aromatic heterocycles. The second-order valence-electron chi connectivity index (χ2n) is 8.02. The van der Waals surface area contributed by atoms with Crippen molar-refractivity contribution in [1.82, 2.24) is 19.9 Å². The van der Waals surface area contributed by atoms with Gasteiger partial charge in [-0.1, -0.05) is 6.07 Å². The molecule has 0 spiro atoms. The van der Waals surface area contributed by atoms with Gasteiger partial charge < -0.3 is 9.80 Å². The summed E-state index contributed by atoms with van der Waals surface area (Å²) < 4.78 is 0. The number of aromatic nitrogens is 3. The van der Waals surface area contributed by atoms with Crippen LogP contribution >= 0.6 is 0 Å². The number of hydrogen-bond donors (Lipinski definition) is 0. The molecule has 0 N–H and O–H groups in total. The van der Waals surface area contributed by atoms with E-state index in [1.807, 2.05) is 31.3 Å². The highest BCUT2D eigenvalue weighted by Crippen LogP contribution is 2.33. The Morgan fingerprint density at radius 1 is 1.11 bits per heavy atom. The molecule has 0 aromatic carbocycles. The van der Waals surface area contributed by atoms with Gasteiger partial charge in [-0.3, -0.25) is 9.88 Å². The van der Waals surface area contributed by atoms with Crippen molar-refractivity contribution in [2.75, 3.05) is 50.1 Å². The van der Waals surface area contributed by atoms with E-state index in [2.05, 4.69) is 44.9 Å². The van der Waals surface area contributed by atoms with Gasteiger partial charge in [-0.15, -0.1) is 0 Å². The Balaban J connectivity index is 1.42. The fraction of sp³-hybridized carbons (Fsp3) is 0.571. The summed E-state index contributed by atoms with van der Waals surface area (Å²) in [5.41, 5.74) is 2.31. The van der Waals surface area contributed by atoms with Crippen LogP contribution in [-0.2, 0) is 6.42 Å². The SMILES string of the molecule is Cc1cccc(CCN2CCC3CCN(c4nccc(N(C)C)n4)CC32)n1. The van der Waals surface area contributed by atoms with Crippen molar-refractivity contribution in [2.45, 2.75) is 32.2 Å². The standard InChI is InChI=1S/C21H30N6/c1-16-5-4-6-18(23-16)10-14-26-12-8-17-9-13-27(15-19(17)26)21-22-11-7-20(24-21)25(2)3/h4-7,11,17,19H,8-10,12-15H2,1-3H3. The van der Waals surface area contributed by atoms with Gasteiger partial charge in [0, 0.05) is 63.8 Å². The first-order valence-corrected chi connectivity index (χ1v) is 10.0. The van der Waals surface area contributed by atoms with Crippen molar-refractivity contribution in [3.8, 4) is 0 Å². The first-order chi connectivity index (χ1) is 13.1. The second kappa shape index (κ2) is 7.80. The predicted molar refractivity (Wildman–Crippen MR) is 109 cm³/mol. The number of fused-ring (bicyclic) bond motifs is 1. The fourth-order valence-corrected chi connectivity index (χ4v) is 4.42. The van der Waals surface area contributed by atoms with Crippen LogP contribution in [0.4, 0.5) is 11.8 Å². The first-order valence-electron chi connectivity index (χ1n) is 10.0. The van der Waals surface area contributed by atoms with Crippen LogP contribution in [0.5, 0.6) is 0 Å². The zero-order valence-corrected chi connectivity index (χ0v) is 16.7. The predicted octanol–water partition coefficient (Wildman–Crippen LogP) is 2.39. The van der Waals surface area contributed by atoms with Gasteiger partial charge in [-0.2, -0.15) is 4.98 Å². The highest BCUT2D eigenvalue weighted by molar-refractivity contribution is 5.43. The number of nitrogens with zero attached hydrogens (tertiary/aromatic N) is 6. The third-order valence-corrected chi connectivity index (χ3v) is 5.95. The molecule has 6 nitrogen and oxygen atoms in total.